The van der Waals surface area contributed by atoms with Crippen LogP contribution in [0.2, 0.25) is 0 Å². The predicted molar refractivity (Wildman–Crippen MR) is 114 cm³/mol. The zero-order valence-corrected chi connectivity index (χ0v) is 18.0. The van der Waals surface area contributed by atoms with Gasteiger partial charge in [0.25, 0.3) is 0 Å². The van der Waals surface area contributed by atoms with Gasteiger partial charge in [-0.05, 0) is 38.0 Å². The minimum Gasteiger partial charge on any atom is -0.496 e. The summed E-state index contributed by atoms with van der Waals surface area (Å²) in [5, 5.41) is 5.69. The molecule has 8 heteroatoms. The molecule has 1 atom stereocenters. The molecule has 2 rings (SSSR count). The Morgan fingerprint density at radius 3 is 2.24 bits per heavy atom. The van der Waals surface area contributed by atoms with Crippen molar-refractivity contribution in [2.24, 2.45) is 0 Å². The molecule has 0 spiro atoms. The number of rotatable bonds is 9. The molecule has 2 amide bonds. The first kappa shape index (κ1) is 22.7. The van der Waals surface area contributed by atoms with Gasteiger partial charge in [-0.2, -0.15) is 0 Å². The van der Waals surface area contributed by atoms with Crippen molar-refractivity contribution < 1.29 is 17.9 Å². The molecular formula is C21H29N3O4S. The maximum Gasteiger partial charge on any atom is 0.315 e. The maximum atomic E-state index is 12.2. The van der Waals surface area contributed by atoms with Gasteiger partial charge in [0.05, 0.1) is 18.9 Å². The molecule has 0 fully saturated rings. The van der Waals surface area contributed by atoms with Crippen molar-refractivity contribution in [3.05, 3.63) is 65.2 Å². The Kier molecular flexibility index (Phi) is 8.04. The van der Waals surface area contributed by atoms with Crippen LogP contribution in [0.15, 0.2) is 48.5 Å². The molecule has 29 heavy (non-hydrogen) atoms. The number of carbonyl (C=O) groups is 1. The van der Waals surface area contributed by atoms with Crippen LogP contribution in [0.25, 0.3) is 0 Å². The second-order valence-corrected chi connectivity index (χ2v) is 8.89. The number of methoxy groups -OCH3 is 1. The maximum absolute atomic E-state index is 12.2. The van der Waals surface area contributed by atoms with E-state index in [2.05, 4.69) is 15.4 Å². The van der Waals surface area contributed by atoms with Crippen LogP contribution in [0.5, 0.6) is 5.75 Å². The highest BCUT2D eigenvalue weighted by molar-refractivity contribution is 7.88. The first-order valence-electron chi connectivity index (χ1n) is 9.45. The van der Waals surface area contributed by atoms with E-state index in [1.54, 1.807) is 33.1 Å². The largest absolute Gasteiger partial charge is 0.496 e. The van der Waals surface area contributed by atoms with Gasteiger partial charge in [0.15, 0.2) is 0 Å². The fraction of sp³-hybridized carbons (Fsp3) is 0.381. The highest BCUT2D eigenvalue weighted by atomic mass is 32.2. The average molecular weight is 420 g/mol. The van der Waals surface area contributed by atoms with E-state index < -0.39 is 10.0 Å². The highest BCUT2D eigenvalue weighted by Crippen LogP contribution is 2.24. The van der Waals surface area contributed by atoms with Crippen LogP contribution < -0.4 is 20.1 Å². The zero-order valence-electron chi connectivity index (χ0n) is 17.2. The molecule has 0 heterocycles. The molecule has 0 aliphatic carbocycles. The molecule has 0 saturated carbocycles. The predicted octanol–water partition coefficient (Wildman–Crippen LogP) is 3.08. The van der Waals surface area contributed by atoms with E-state index in [0.29, 0.717) is 12.1 Å². The third-order valence-corrected chi connectivity index (χ3v) is 5.74. The summed E-state index contributed by atoms with van der Waals surface area (Å²) < 4.78 is 31.9. The summed E-state index contributed by atoms with van der Waals surface area (Å²) in [5.41, 5.74) is 2.46. The number of nitrogens with one attached hydrogen (secondary N) is 3. The Hall–Kier alpha value is -2.58. The molecule has 0 aromatic heterocycles. The van der Waals surface area contributed by atoms with E-state index in [1.807, 2.05) is 43.3 Å². The number of amides is 2. The Morgan fingerprint density at radius 1 is 1.00 bits per heavy atom. The van der Waals surface area contributed by atoms with Gasteiger partial charge in [0.2, 0.25) is 10.0 Å². The van der Waals surface area contributed by atoms with Crippen molar-refractivity contribution in [1.29, 1.82) is 0 Å². The lowest BCUT2D eigenvalue weighted by Crippen LogP contribution is -2.36. The SMILES string of the molecule is COc1ccccc1[C@H](C)NC(=O)NCc1ccc(CS(=O)(=O)NC(C)C)cc1. The summed E-state index contributed by atoms with van der Waals surface area (Å²) in [7, 11) is -1.76. The lowest BCUT2D eigenvalue weighted by Gasteiger charge is -2.17. The molecular weight excluding hydrogens is 390 g/mol. The quantitative estimate of drug-likeness (QED) is 0.582. The average Bonchev–Trinajstić information content (AvgIpc) is 2.66. The number of carbonyl (C=O) groups excluding carboxylic acids is 1. The Labute approximate surface area is 172 Å². The molecule has 0 saturated heterocycles. The Bertz CT molecular complexity index is 912. The van der Waals surface area contributed by atoms with E-state index in [1.165, 1.54) is 0 Å². The van der Waals surface area contributed by atoms with Crippen LogP contribution >= 0.6 is 0 Å². The van der Waals surface area contributed by atoms with Crippen molar-refractivity contribution >= 4 is 16.1 Å². The first-order valence-corrected chi connectivity index (χ1v) is 11.1. The van der Waals surface area contributed by atoms with Crippen LogP contribution in [-0.4, -0.2) is 27.6 Å². The third kappa shape index (κ3) is 7.40. The van der Waals surface area contributed by atoms with Gasteiger partial charge in [0.1, 0.15) is 5.75 Å². The Morgan fingerprint density at radius 2 is 1.62 bits per heavy atom. The van der Waals surface area contributed by atoms with Gasteiger partial charge < -0.3 is 15.4 Å². The number of sulfonamides is 1. The third-order valence-electron chi connectivity index (χ3n) is 4.20. The number of ether oxygens (including phenoxy) is 1. The van der Waals surface area contributed by atoms with Gasteiger partial charge in [-0.15, -0.1) is 0 Å². The van der Waals surface area contributed by atoms with E-state index in [0.717, 1.165) is 16.9 Å². The molecule has 0 aliphatic heterocycles. The molecule has 2 aromatic carbocycles. The van der Waals surface area contributed by atoms with E-state index in [-0.39, 0.29) is 23.9 Å². The topological polar surface area (TPSA) is 96.5 Å². The van der Waals surface area contributed by atoms with E-state index >= 15 is 0 Å². The number of hydrogen-bond acceptors (Lipinski definition) is 4. The van der Waals surface area contributed by atoms with Gasteiger partial charge >= 0.3 is 6.03 Å². The first-order chi connectivity index (χ1) is 13.7. The number of para-hydroxylation sites is 1. The van der Waals surface area contributed by atoms with Crippen LogP contribution in [0.1, 0.15) is 43.5 Å². The van der Waals surface area contributed by atoms with E-state index in [4.69, 9.17) is 4.74 Å². The summed E-state index contributed by atoms with van der Waals surface area (Å²) in [6.45, 7) is 5.79. The standard InChI is InChI=1S/C21H29N3O4S/c1-15(2)24-29(26,27)14-18-11-9-17(10-12-18)13-22-21(25)23-16(3)19-7-5-6-8-20(19)28-4/h5-12,15-16,24H,13-14H2,1-4H3,(H2,22,23,25)/t16-/m0/s1. The molecule has 0 bridgehead atoms. The monoisotopic (exact) mass is 419 g/mol. The molecule has 158 valence electrons. The van der Waals surface area contributed by atoms with Crippen molar-refractivity contribution in [1.82, 2.24) is 15.4 Å². The zero-order chi connectivity index (χ0) is 21.4. The van der Waals surface area contributed by atoms with Crippen molar-refractivity contribution in [3.63, 3.8) is 0 Å². The van der Waals surface area contributed by atoms with Gasteiger partial charge in [-0.25, -0.2) is 17.9 Å². The fourth-order valence-corrected chi connectivity index (χ4v) is 4.34. The van der Waals surface area contributed by atoms with Crippen LogP contribution in [0, 0.1) is 0 Å². The summed E-state index contributed by atoms with van der Waals surface area (Å²) >= 11 is 0. The van der Waals surface area contributed by atoms with Crippen molar-refractivity contribution in [2.75, 3.05) is 7.11 Å². The van der Waals surface area contributed by atoms with Gasteiger partial charge in [-0.3, -0.25) is 0 Å². The van der Waals surface area contributed by atoms with Crippen LogP contribution in [0.4, 0.5) is 4.79 Å². The van der Waals surface area contributed by atoms with Crippen LogP contribution in [-0.2, 0) is 22.3 Å². The van der Waals surface area contributed by atoms with Crippen LogP contribution in [0.3, 0.4) is 0 Å². The molecule has 0 unspecified atom stereocenters. The lowest BCUT2D eigenvalue weighted by molar-refractivity contribution is 0.237. The smallest absolute Gasteiger partial charge is 0.315 e. The number of hydrogen-bond donors (Lipinski definition) is 3. The summed E-state index contributed by atoms with van der Waals surface area (Å²) in [4.78, 5) is 12.2. The lowest BCUT2D eigenvalue weighted by atomic mass is 10.1. The minimum atomic E-state index is -3.36. The molecule has 3 N–H and O–H groups in total. The minimum absolute atomic E-state index is 0.0736. The molecule has 0 aliphatic rings. The highest BCUT2D eigenvalue weighted by Gasteiger charge is 2.14. The number of benzene rings is 2. The van der Waals surface area contributed by atoms with Gasteiger partial charge in [0, 0.05) is 18.2 Å². The second kappa shape index (κ2) is 10.3. The number of urea groups is 1. The normalized spacial score (nSPS) is 12.4. The summed E-state index contributed by atoms with van der Waals surface area (Å²) in [6, 6.07) is 14.0. The molecule has 7 nitrogen and oxygen atoms in total. The van der Waals surface area contributed by atoms with Crippen molar-refractivity contribution in [2.45, 2.75) is 45.2 Å². The Balaban J connectivity index is 1.87. The fourth-order valence-electron chi connectivity index (χ4n) is 2.91. The van der Waals surface area contributed by atoms with Crippen molar-refractivity contribution in [3.8, 4) is 5.75 Å². The molecule has 0 radical (unpaired) electrons. The van der Waals surface area contributed by atoms with E-state index in [9.17, 15) is 13.2 Å². The second-order valence-electron chi connectivity index (χ2n) is 7.14. The summed E-state index contributed by atoms with van der Waals surface area (Å²) in [6.07, 6.45) is 0. The summed E-state index contributed by atoms with van der Waals surface area (Å²) in [5.74, 6) is 0.647. The molecule has 2 aromatic rings. The van der Waals surface area contributed by atoms with Gasteiger partial charge in [-0.1, -0.05) is 42.5 Å².